The summed E-state index contributed by atoms with van der Waals surface area (Å²) in [6.07, 6.45) is 4.22. The van der Waals surface area contributed by atoms with Gasteiger partial charge in [0.1, 0.15) is 23.7 Å². The number of amides is 1. The molecule has 1 heterocycles. The van der Waals surface area contributed by atoms with Crippen LogP contribution in [0.4, 0.5) is 10.5 Å². The summed E-state index contributed by atoms with van der Waals surface area (Å²) in [7, 11) is 0. The number of benzene rings is 2. The van der Waals surface area contributed by atoms with Crippen molar-refractivity contribution in [3.63, 3.8) is 0 Å². The lowest BCUT2D eigenvalue weighted by Crippen LogP contribution is -2.32. The van der Waals surface area contributed by atoms with Crippen molar-refractivity contribution >= 4 is 23.4 Å². The quantitative estimate of drug-likeness (QED) is 0.496. The number of anilines is 1. The first-order valence-electron chi connectivity index (χ1n) is 9.22. The van der Waals surface area contributed by atoms with Gasteiger partial charge < -0.3 is 15.2 Å². The maximum Gasteiger partial charge on any atom is 0.415 e. The third kappa shape index (κ3) is 4.88. The molecule has 29 heavy (non-hydrogen) atoms. The monoisotopic (exact) mass is 410 g/mol. The Morgan fingerprint density at radius 3 is 2.48 bits per heavy atom. The van der Waals surface area contributed by atoms with Crippen LogP contribution in [0.5, 0.6) is 5.75 Å². The number of ether oxygens (including phenoxy) is 2. The van der Waals surface area contributed by atoms with Crippen LogP contribution in [-0.2, 0) is 4.74 Å². The molecular formula is C23H23ClN2O3. The smallest absolute Gasteiger partial charge is 0.415 e. The maximum atomic E-state index is 12.6. The summed E-state index contributed by atoms with van der Waals surface area (Å²) in [5.74, 6) is 1.17. The largest absolute Gasteiger partial charge is 0.457 e. The highest BCUT2D eigenvalue weighted by Gasteiger charge is 2.42. The SMILES string of the molecule is C=C/C(=C\C=C(/C)Cl)Oc1ccc(N2C(=O)O[C@@H](CN)[C@@H]2c2ccccc2)cc1. The van der Waals surface area contributed by atoms with Crippen LogP contribution in [0.2, 0.25) is 0 Å². The van der Waals surface area contributed by atoms with Crippen molar-refractivity contribution in [3.8, 4) is 5.75 Å². The van der Waals surface area contributed by atoms with Crippen molar-refractivity contribution in [1.82, 2.24) is 0 Å². The van der Waals surface area contributed by atoms with Gasteiger partial charge in [-0.3, -0.25) is 4.90 Å². The number of cyclic esters (lactones) is 1. The molecule has 2 N–H and O–H groups in total. The lowest BCUT2D eigenvalue weighted by atomic mass is 10.0. The van der Waals surface area contributed by atoms with Gasteiger partial charge in [0, 0.05) is 17.3 Å². The zero-order chi connectivity index (χ0) is 20.8. The Labute approximate surface area is 175 Å². The molecule has 2 atom stereocenters. The summed E-state index contributed by atoms with van der Waals surface area (Å²) in [6.45, 7) is 5.76. The first-order valence-corrected chi connectivity index (χ1v) is 9.60. The van der Waals surface area contributed by atoms with Gasteiger partial charge in [0.15, 0.2) is 0 Å². The Kier molecular flexibility index (Phi) is 6.75. The van der Waals surface area contributed by atoms with Crippen molar-refractivity contribution < 1.29 is 14.3 Å². The van der Waals surface area contributed by atoms with Crippen LogP contribution in [0, 0.1) is 0 Å². The summed E-state index contributed by atoms with van der Waals surface area (Å²) in [5, 5.41) is 0.636. The molecular weight excluding hydrogens is 388 g/mol. The zero-order valence-corrected chi connectivity index (χ0v) is 16.9. The average Bonchev–Trinajstić information content (AvgIpc) is 3.08. The van der Waals surface area contributed by atoms with E-state index >= 15 is 0 Å². The minimum Gasteiger partial charge on any atom is -0.457 e. The van der Waals surface area contributed by atoms with Crippen LogP contribution in [0.1, 0.15) is 18.5 Å². The number of nitrogens with zero attached hydrogens (tertiary/aromatic N) is 1. The highest BCUT2D eigenvalue weighted by Crippen LogP contribution is 2.37. The van der Waals surface area contributed by atoms with Gasteiger partial charge in [-0.05, 0) is 55.0 Å². The van der Waals surface area contributed by atoms with Gasteiger partial charge in [-0.25, -0.2) is 4.79 Å². The van der Waals surface area contributed by atoms with E-state index in [4.69, 9.17) is 26.8 Å². The second-order valence-electron chi connectivity index (χ2n) is 6.51. The van der Waals surface area contributed by atoms with Gasteiger partial charge in [0.2, 0.25) is 0 Å². The fourth-order valence-electron chi connectivity index (χ4n) is 3.14. The van der Waals surface area contributed by atoms with Crippen molar-refractivity contribution in [3.05, 3.63) is 95.8 Å². The topological polar surface area (TPSA) is 64.8 Å². The number of allylic oxidation sites excluding steroid dienone is 4. The normalized spacial score (nSPS) is 19.8. The Bertz CT molecular complexity index is 919. The first kappa shape index (κ1) is 20.7. The van der Waals surface area contributed by atoms with Crippen molar-refractivity contribution in [2.75, 3.05) is 11.4 Å². The minimum atomic E-state index is -0.419. The van der Waals surface area contributed by atoms with Gasteiger partial charge in [0.05, 0.1) is 0 Å². The molecule has 150 valence electrons. The van der Waals surface area contributed by atoms with E-state index in [1.165, 1.54) is 0 Å². The standard InChI is InChI=1S/C23H23ClN2O3/c1-3-19(12-9-16(2)24)28-20-13-10-18(11-14-20)26-22(17-7-5-4-6-8-17)21(15-25)29-23(26)27/h3-14,21-22H,1,15,25H2,2H3/b16-9+,19-12+/t21-,22-/m0/s1. The van der Waals surface area contributed by atoms with E-state index in [2.05, 4.69) is 6.58 Å². The van der Waals surface area contributed by atoms with Crippen LogP contribution in [0.25, 0.3) is 0 Å². The van der Waals surface area contributed by atoms with Crippen LogP contribution in [0.3, 0.4) is 0 Å². The average molecular weight is 411 g/mol. The Balaban J connectivity index is 1.86. The predicted octanol–water partition coefficient (Wildman–Crippen LogP) is 5.30. The molecule has 0 unspecified atom stereocenters. The molecule has 1 amide bonds. The second-order valence-corrected chi connectivity index (χ2v) is 7.10. The van der Waals surface area contributed by atoms with Gasteiger partial charge in [0.25, 0.3) is 0 Å². The Morgan fingerprint density at radius 2 is 1.90 bits per heavy atom. The third-order valence-corrected chi connectivity index (χ3v) is 4.61. The van der Waals surface area contributed by atoms with Gasteiger partial charge in [-0.1, -0.05) is 48.5 Å². The van der Waals surface area contributed by atoms with Crippen LogP contribution in [0.15, 0.2) is 90.2 Å². The summed E-state index contributed by atoms with van der Waals surface area (Å²) in [4.78, 5) is 14.2. The molecule has 0 bridgehead atoms. The van der Waals surface area contributed by atoms with Crippen LogP contribution >= 0.6 is 11.6 Å². The van der Waals surface area contributed by atoms with Crippen LogP contribution in [-0.4, -0.2) is 18.7 Å². The fraction of sp³-hybridized carbons (Fsp3) is 0.174. The van der Waals surface area contributed by atoms with Crippen molar-refractivity contribution in [2.24, 2.45) is 5.73 Å². The number of halogens is 1. The molecule has 0 saturated carbocycles. The van der Waals surface area contributed by atoms with E-state index in [9.17, 15) is 4.79 Å². The van der Waals surface area contributed by atoms with E-state index in [0.29, 0.717) is 22.2 Å². The molecule has 2 aromatic rings. The highest BCUT2D eigenvalue weighted by atomic mass is 35.5. The lowest BCUT2D eigenvalue weighted by molar-refractivity contribution is 0.136. The van der Waals surface area contributed by atoms with E-state index in [1.54, 1.807) is 42.2 Å². The number of hydrogen-bond donors (Lipinski definition) is 1. The first-order chi connectivity index (χ1) is 14.0. The summed E-state index contributed by atoms with van der Waals surface area (Å²) < 4.78 is 11.3. The minimum absolute atomic E-state index is 0.240. The number of carbonyl (C=O) groups excluding carboxylic acids is 1. The molecule has 0 aromatic heterocycles. The van der Waals surface area contributed by atoms with Gasteiger partial charge >= 0.3 is 6.09 Å². The van der Waals surface area contributed by atoms with E-state index in [-0.39, 0.29) is 12.6 Å². The highest BCUT2D eigenvalue weighted by molar-refractivity contribution is 6.29. The Hall–Kier alpha value is -3.02. The molecule has 0 spiro atoms. The summed E-state index contributed by atoms with van der Waals surface area (Å²) >= 11 is 5.85. The molecule has 5 nitrogen and oxygen atoms in total. The molecule has 3 rings (SSSR count). The maximum absolute atomic E-state index is 12.6. The Morgan fingerprint density at radius 1 is 1.21 bits per heavy atom. The zero-order valence-electron chi connectivity index (χ0n) is 16.1. The molecule has 1 aliphatic rings. The van der Waals surface area contributed by atoms with Crippen molar-refractivity contribution in [2.45, 2.75) is 19.1 Å². The van der Waals surface area contributed by atoms with Crippen LogP contribution < -0.4 is 15.4 Å². The second kappa shape index (κ2) is 9.45. The molecule has 0 aliphatic carbocycles. The number of nitrogens with two attached hydrogens (primary N) is 1. The molecule has 1 fully saturated rings. The van der Waals surface area contributed by atoms with Gasteiger partial charge in [-0.15, -0.1) is 0 Å². The van der Waals surface area contributed by atoms with E-state index in [0.717, 1.165) is 5.56 Å². The molecule has 2 aromatic carbocycles. The molecule has 0 radical (unpaired) electrons. The molecule has 1 saturated heterocycles. The van der Waals surface area contributed by atoms with Gasteiger partial charge in [-0.2, -0.15) is 0 Å². The summed E-state index contributed by atoms with van der Waals surface area (Å²) in [5.41, 5.74) is 7.52. The van der Waals surface area contributed by atoms with E-state index in [1.807, 2.05) is 42.5 Å². The lowest BCUT2D eigenvalue weighted by Gasteiger charge is -2.24. The summed E-state index contributed by atoms with van der Waals surface area (Å²) in [6, 6.07) is 16.6. The predicted molar refractivity (Wildman–Crippen MR) is 116 cm³/mol. The molecule has 6 heteroatoms. The van der Waals surface area contributed by atoms with Crippen molar-refractivity contribution in [1.29, 1.82) is 0 Å². The van der Waals surface area contributed by atoms with E-state index < -0.39 is 12.2 Å². The number of carbonyl (C=O) groups is 1. The number of rotatable bonds is 7. The molecule has 1 aliphatic heterocycles. The number of hydrogen-bond acceptors (Lipinski definition) is 4. The third-order valence-electron chi connectivity index (χ3n) is 4.48. The fourth-order valence-corrected chi connectivity index (χ4v) is 3.20.